The molecule has 0 aromatic carbocycles. The van der Waals surface area contributed by atoms with Crippen molar-refractivity contribution in [2.24, 2.45) is 0 Å². The smallest absolute Gasteiger partial charge is 0.319 e. The second-order valence-electron chi connectivity index (χ2n) is 5.62. The molecule has 18 heavy (non-hydrogen) atoms. The van der Waals surface area contributed by atoms with Crippen molar-refractivity contribution in [2.45, 2.75) is 52.2 Å². The van der Waals surface area contributed by atoms with Gasteiger partial charge in [0.25, 0.3) is 0 Å². The molecule has 0 fully saturated rings. The van der Waals surface area contributed by atoms with Crippen LogP contribution in [-0.2, 0) is 11.8 Å². The van der Waals surface area contributed by atoms with Gasteiger partial charge in [0.2, 0.25) is 0 Å². The van der Waals surface area contributed by atoms with Crippen LogP contribution in [-0.4, -0.2) is 36.5 Å². The topological polar surface area (TPSA) is 67.0 Å². The normalized spacial score (nSPS) is 21.8. The minimum absolute atomic E-state index is 0.143. The Balaban J connectivity index is 2.53. The number of aryl methyl sites for hydroxylation is 1. The van der Waals surface area contributed by atoms with E-state index in [-0.39, 0.29) is 5.84 Å². The Morgan fingerprint density at radius 2 is 2.00 bits per heavy atom. The zero-order valence-electron chi connectivity index (χ0n) is 11.5. The molecule has 0 aliphatic carbocycles. The van der Waals surface area contributed by atoms with Crippen LogP contribution in [0.3, 0.4) is 0 Å². The summed E-state index contributed by atoms with van der Waals surface area (Å²) < 4.78 is 2.50. The van der Waals surface area contributed by atoms with Gasteiger partial charge in [-0.15, -0.1) is 0 Å². The lowest BCUT2D eigenvalue weighted by Crippen LogP contribution is -2.53. The molecule has 6 nitrogen and oxygen atoms in total. The van der Waals surface area contributed by atoms with E-state index in [1.165, 1.54) is 0 Å². The zero-order valence-corrected chi connectivity index (χ0v) is 11.5. The molecule has 1 aromatic heterocycles. The predicted octanol–water partition coefficient (Wildman–Crippen LogP) is 1.38. The molecule has 1 aliphatic heterocycles. The third-order valence-electron chi connectivity index (χ3n) is 4.11. The molecule has 99 valence electrons. The average molecular weight is 251 g/mol. The Morgan fingerprint density at radius 1 is 1.39 bits per heavy atom. The summed E-state index contributed by atoms with van der Waals surface area (Å²) in [6.45, 7) is 9.78. The predicted molar refractivity (Wildman–Crippen MR) is 66.3 cm³/mol. The molecular weight excluding hydrogens is 232 g/mol. The number of rotatable bonds is 2. The number of nitrogens with zero attached hydrogens (tertiary/aromatic N) is 4. The first-order valence-corrected chi connectivity index (χ1v) is 6.08. The van der Waals surface area contributed by atoms with Crippen molar-refractivity contribution in [1.82, 2.24) is 14.8 Å². The molecule has 0 N–H and O–H groups in total. The second-order valence-corrected chi connectivity index (χ2v) is 5.62. The van der Waals surface area contributed by atoms with Crippen LogP contribution in [0.15, 0.2) is 12.4 Å². The lowest BCUT2D eigenvalue weighted by molar-refractivity contribution is -0.539. The third kappa shape index (κ3) is 1.45. The van der Waals surface area contributed by atoms with Crippen molar-refractivity contribution in [2.75, 3.05) is 0 Å². The van der Waals surface area contributed by atoms with E-state index in [4.69, 9.17) is 0 Å². The van der Waals surface area contributed by atoms with E-state index in [1.54, 1.807) is 44.8 Å². The molecule has 2 rings (SSSR count). The van der Waals surface area contributed by atoms with Gasteiger partial charge in [0.15, 0.2) is 5.54 Å². The van der Waals surface area contributed by atoms with Gasteiger partial charge >= 0.3 is 5.84 Å². The van der Waals surface area contributed by atoms with E-state index < -0.39 is 11.1 Å². The van der Waals surface area contributed by atoms with Crippen LogP contribution in [0, 0.1) is 5.21 Å². The minimum Gasteiger partial charge on any atom is -0.714 e. The van der Waals surface area contributed by atoms with Gasteiger partial charge in [-0.2, -0.15) is 5.10 Å². The Kier molecular flexibility index (Phi) is 2.66. The van der Waals surface area contributed by atoms with E-state index in [1.807, 2.05) is 6.92 Å². The van der Waals surface area contributed by atoms with Crippen LogP contribution in [0.4, 0.5) is 0 Å². The third-order valence-corrected chi connectivity index (χ3v) is 4.11. The lowest BCUT2D eigenvalue weighted by atomic mass is 9.84. The zero-order chi connectivity index (χ0) is 13.7. The molecule has 0 unspecified atom stereocenters. The van der Waals surface area contributed by atoms with Gasteiger partial charge in [-0.25, -0.2) is 0 Å². The number of hydrogen-bond donors (Lipinski definition) is 0. The fourth-order valence-corrected chi connectivity index (χ4v) is 2.00. The van der Waals surface area contributed by atoms with Crippen LogP contribution in [0.2, 0.25) is 0 Å². The van der Waals surface area contributed by atoms with Crippen molar-refractivity contribution in [3.8, 4) is 0 Å². The minimum atomic E-state index is -0.779. The first-order chi connectivity index (χ1) is 8.23. The molecule has 2 heterocycles. The number of hydrogen-bond acceptors (Lipinski definition) is 3. The van der Waals surface area contributed by atoms with E-state index >= 15 is 0 Å². The Hall–Kier alpha value is -1.56. The molecule has 1 radical (unpaired) electrons. The van der Waals surface area contributed by atoms with Crippen LogP contribution in [0.5, 0.6) is 0 Å². The van der Waals surface area contributed by atoms with E-state index in [0.717, 1.165) is 9.80 Å². The molecule has 1 aromatic rings. The number of hydroxylamine groups is 3. The van der Waals surface area contributed by atoms with Crippen LogP contribution in [0.1, 0.15) is 40.2 Å². The van der Waals surface area contributed by atoms with Crippen molar-refractivity contribution in [3.05, 3.63) is 23.2 Å². The highest BCUT2D eigenvalue weighted by Crippen LogP contribution is 2.37. The van der Waals surface area contributed by atoms with Gasteiger partial charge in [-0.1, -0.05) is 5.06 Å². The maximum Gasteiger partial charge on any atom is 0.319 e. The van der Waals surface area contributed by atoms with Crippen molar-refractivity contribution in [3.63, 3.8) is 0 Å². The van der Waals surface area contributed by atoms with Gasteiger partial charge in [-0.3, -0.25) is 9.42 Å². The Labute approximate surface area is 107 Å². The monoisotopic (exact) mass is 251 g/mol. The largest absolute Gasteiger partial charge is 0.714 e. The van der Waals surface area contributed by atoms with Crippen LogP contribution < -0.4 is 0 Å². The maximum absolute atomic E-state index is 12.4. The summed E-state index contributed by atoms with van der Waals surface area (Å²) in [7, 11) is 0. The molecule has 0 saturated heterocycles. The average Bonchev–Trinajstić information content (AvgIpc) is 2.80. The lowest BCUT2D eigenvalue weighted by Gasteiger charge is -2.32. The summed E-state index contributed by atoms with van der Waals surface area (Å²) >= 11 is 0. The molecule has 0 saturated carbocycles. The van der Waals surface area contributed by atoms with Crippen LogP contribution in [0.25, 0.3) is 0 Å². The summed E-state index contributed by atoms with van der Waals surface area (Å²) in [6.07, 6.45) is 3.29. The van der Waals surface area contributed by atoms with Gasteiger partial charge in [0.1, 0.15) is 11.1 Å². The molecule has 6 heteroatoms. The van der Waals surface area contributed by atoms with E-state index in [0.29, 0.717) is 12.1 Å². The van der Waals surface area contributed by atoms with Crippen molar-refractivity contribution >= 4 is 5.84 Å². The molecule has 1 aliphatic rings. The van der Waals surface area contributed by atoms with Gasteiger partial charge in [-0.05, 0) is 34.6 Å². The fraction of sp³-hybridized carbons (Fsp3) is 0.667. The highest BCUT2D eigenvalue weighted by atomic mass is 16.5. The summed E-state index contributed by atoms with van der Waals surface area (Å²) in [5.74, 6) is 0.143. The first kappa shape index (κ1) is 12.9. The number of aromatic nitrogens is 2. The van der Waals surface area contributed by atoms with Crippen LogP contribution >= 0.6 is 0 Å². The van der Waals surface area contributed by atoms with E-state index in [9.17, 15) is 10.4 Å². The first-order valence-electron chi connectivity index (χ1n) is 6.08. The van der Waals surface area contributed by atoms with Crippen molar-refractivity contribution < 1.29 is 9.95 Å². The van der Waals surface area contributed by atoms with Gasteiger partial charge in [0, 0.05) is 17.9 Å². The van der Waals surface area contributed by atoms with Gasteiger partial charge < -0.3 is 5.21 Å². The van der Waals surface area contributed by atoms with Gasteiger partial charge in [0.05, 0.1) is 6.20 Å². The maximum atomic E-state index is 12.4. The highest BCUT2D eigenvalue weighted by Gasteiger charge is 2.60. The highest BCUT2D eigenvalue weighted by molar-refractivity contribution is 5.95. The quantitative estimate of drug-likeness (QED) is 0.589. The second kappa shape index (κ2) is 3.71. The molecular formula is C12H19N4O2. The fourth-order valence-electron chi connectivity index (χ4n) is 2.00. The molecule has 0 atom stereocenters. The molecule has 0 amide bonds. The molecule has 0 spiro atoms. The summed E-state index contributed by atoms with van der Waals surface area (Å²) in [6, 6.07) is 0. The summed E-state index contributed by atoms with van der Waals surface area (Å²) in [5.41, 5.74) is -0.989. The Morgan fingerprint density at radius 3 is 2.39 bits per heavy atom. The standard InChI is InChI=1S/C12H19N4O2/c1-6-14-8-9(7-13-14)10-15(17)11(2,3)12(4,5)16(10)18/h7-8H,6H2,1-5H3. The summed E-state index contributed by atoms with van der Waals surface area (Å²) in [5, 5.41) is 29.6. The number of amidine groups is 1. The van der Waals surface area contributed by atoms with Crippen molar-refractivity contribution in [1.29, 1.82) is 0 Å². The SMILES string of the molecule is CCn1cc(C2=[N+]([O-])C(C)(C)C(C)(C)N2[O])cn1. The molecule has 0 bridgehead atoms. The Bertz CT molecular complexity index is 502. The van der Waals surface area contributed by atoms with E-state index in [2.05, 4.69) is 5.10 Å². The summed E-state index contributed by atoms with van der Waals surface area (Å²) in [4.78, 5) is 0.